The molecule has 0 spiro atoms. The van der Waals surface area contributed by atoms with Crippen molar-refractivity contribution in [2.75, 3.05) is 7.05 Å². The Morgan fingerprint density at radius 3 is 2.40 bits per heavy atom. The van der Waals surface area contributed by atoms with Crippen LogP contribution in [0.15, 0.2) is 23.1 Å². The molecule has 0 aromatic heterocycles. The van der Waals surface area contributed by atoms with Gasteiger partial charge in [-0.05, 0) is 37.6 Å². The van der Waals surface area contributed by atoms with Gasteiger partial charge in [0.05, 0.1) is 4.90 Å². The second-order valence-corrected chi connectivity index (χ2v) is 7.71. The number of hydrogen-bond donors (Lipinski definition) is 2. The number of benzene rings is 1. The first-order chi connectivity index (χ1) is 9.08. The first kappa shape index (κ1) is 17.1. The minimum atomic E-state index is -3.64. The van der Waals surface area contributed by atoms with Crippen LogP contribution in [-0.4, -0.2) is 21.5 Å². The summed E-state index contributed by atoms with van der Waals surface area (Å²) in [4.78, 5) is 0.0836. The van der Waals surface area contributed by atoms with E-state index in [1.165, 1.54) is 18.2 Å². The molecule has 0 bridgehead atoms. The second kappa shape index (κ2) is 6.20. The van der Waals surface area contributed by atoms with Gasteiger partial charge in [0.1, 0.15) is 5.82 Å². The van der Waals surface area contributed by atoms with E-state index in [1.807, 2.05) is 27.7 Å². The van der Waals surface area contributed by atoms with Crippen LogP contribution in [0, 0.1) is 11.2 Å². The number of hydrogen-bond acceptors (Lipinski definition) is 3. The maximum Gasteiger partial charge on any atom is 0.240 e. The molecule has 2 N–H and O–H groups in total. The third-order valence-electron chi connectivity index (χ3n) is 3.33. The molecule has 1 aromatic rings. The average Bonchev–Trinajstić information content (AvgIpc) is 2.30. The fourth-order valence-corrected chi connectivity index (χ4v) is 3.02. The predicted molar refractivity (Wildman–Crippen MR) is 78.4 cm³/mol. The van der Waals surface area contributed by atoms with Crippen LogP contribution < -0.4 is 10.0 Å². The summed E-state index contributed by atoms with van der Waals surface area (Å²) in [5, 5.41) is 2.81. The van der Waals surface area contributed by atoms with E-state index >= 15 is 0 Å². The highest BCUT2D eigenvalue weighted by molar-refractivity contribution is 7.89. The van der Waals surface area contributed by atoms with Gasteiger partial charge in [-0.3, -0.25) is 0 Å². The van der Waals surface area contributed by atoms with Gasteiger partial charge in [-0.15, -0.1) is 0 Å². The van der Waals surface area contributed by atoms with E-state index in [-0.39, 0.29) is 22.9 Å². The molecule has 0 heterocycles. The lowest BCUT2D eigenvalue weighted by Crippen LogP contribution is -2.41. The SMILES string of the molecule is CNCc1cc(S(=O)(=O)NC(C)C(C)(C)C)ccc1F. The number of sulfonamides is 1. The minimum Gasteiger partial charge on any atom is -0.316 e. The summed E-state index contributed by atoms with van der Waals surface area (Å²) in [7, 11) is -1.96. The topological polar surface area (TPSA) is 58.2 Å². The van der Waals surface area contributed by atoms with Crippen LogP contribution in [-0.2, 0) is 16.6 Å². The minimum absolute atomic E-state index is 0.0836. The molecule has 0 radical (unpaired) electrons. The maximum atomic E-state index is 13.5. The van der Waals surface area contributed by atoms with Gasteiger partial charge in [0.25, 0.3) is 0 Å². The van der Waals surface area contributed by atoms with Gasteiger partial charge in [-0.25, -0.2) is 17.5 Å². The van der Waals surface area contributed by atoms with Crippen molar-refractivity contribution in [1.29, 1.82) is 0 Å². The Kier molecular flexibility index (Phi) is 5.29. The molecule has 20 heavy (non-hydrogen) atoms. The molecule has 1 aromatic carbocycles. The molecular formula is C14H23FN2O2S. The Hall–Kier alpha value is -0.980. The van der Waals surface area contributed by atoms with Crippen LogP contribution in [0.1, 0.15) is 33.3 Å². The van der Waals surface area contributed by atoms with Gasteiger partial charge < -0.3 is 5.32 Å². The Balaban J connectivity index is 3.07. The van der Waals surface area contributed by atoms with E-state index in [2.05, 4.69) is 10.0 Å². The third-order valence-corrected chi connectivity index (χ3v) is 4.86. The van der Waals surface area contributed by atoms with E-state index in [4.69, 9.17) is 0 Å². The highest BCUT2D eigenvalue weighted by Crippen LogP contribution is 2.22. The van der Waals surface area contributed by atoms with Crippen LogP contribution in [0.4, 0.5) is 4.39 Å². The molecule has 0 aliphatic carbocycles. The molecule has 114 valence electrons. The van der Waals surface area contributed by atoms with E-state index in [0.717, 1.165) is 0 Å². The third kappa shape index (κ3) is 4.26. The molecule has 0 fully saturated rings. The monoisotopic (exact) mass is 302 g/mol. The lowest BCUT2D eigenvalue weighted by atomic mass is 9.89. The Bertz CT molecular complexity index is 565. The Labute approximate surface area is 120 Å². The molecule has 6 heteroatoms. The van der Waals surface area contributed by atoms with E-state index in [0.29, 0.717) is 5.56 Å². The smallest absolute Gasteiger partial charge is 0.240 e. The Morgan fingerprint density at radius 2 is 1.90 bits per heavy atom. The molecule has 1 atom stereocenters. The van der Waals surface area contributed by atoms with Crippen LogP contribution >= 0.6 is 0 Å². The molecule has 0 amide bonds. The van der Waals surface area contributed by atoms with Gasteiger partial charge in [0.2, 0.25) is 10.0 Å². The molecular weight excluding hydrogens is 279 g/mol. The Morgan fingerprint density at radius 1 is 1.30 bits per heavy atom. The molecule has 0 aliphatic rings. The van der Waals surface area contributed by atoms with Gasteiger partial charge in [0, 0.05) is 18.2 Å². The van der Waals surface area contributed by atoms with Crippen molar-refractivity contribution in [3.05, 3.63) is 29.6 Å². The summed E-state index contributed by atoms with van der Waals surface area (Å²) < 4.78 is 40.8. The van der Waals surface area contributed by atoms with Crippen molar-refractivity contribution in [2.45, 2.75) is 45.2 Å². The normalized spacial score (nSPS) is 14.3. The lowest BCUT2D eigenvalue weighted by molar-refractivity contribution is 0.317. The first-order valence-electron chi connectivity index (χ1n) is 6.53. The van der Waals surface area contributed by atoms with E-state index < -0.39 is 15.8 Å². The predicted octanol–water partition coefficient (Wildman–Crippen LogP) is 2.26. The largest absolute Gasteiger partial charge is 0.316 e. The molecule has 0 saturated heterocycles. The molecule has 0 saturated carbocycles. The summed E-state index contributed by atoms with van der Waals surface area (Å²) in [6.07, 6.45) is 0. The van der Waals surface area contributed by atoms with Crippen LogP contribution in [0.25, 0.3) is 0 Å². The summed E-state index contributed by atoms with van der Waals surface area (Å²) in [5.74, 6) is -0.415. The second-order valence-electron chi connectivity index (χ2n) is 5.99. The van der Waals surface area contributed by atoms with Crippen molar-refractivity contribution in [2.24, 2.45) is 5.41 Å². The summed E-state index contributed by atoms with van der Waals surface area (Å²) >= 11 is 0. The van der Waals surface area contributed by atoms with Crippen molar-refractivity contribution in [3.8, 4) is 0 Å². The van der Waals surface area contributed by atoms with E-state index in [9.17, 15) is 12.8 Å². The highest BCUT2D eigenvalue weighted by atomic mass is 32.2. The summed E-state index contributed by atoms with van der Waals surface area (Å²) in [6, 6.07) is 3.60. The zero-order chi connectivity index (χ0) is 15.6. The maximum absolute atomic E-state index is 13.5. The highest BCUT2D eigenvalue weighted by Gasteiger charge is 2.26. The fraction of sp³-hybridized carbons (Fsp3) is 0.571. The van der Waals surface area contributed by atoms with Gasteiger partial charge in [-0.2, -0.15) is 0 Å². The van der Waals surface area contributed by atoms with Crippen LogP contribution in [0.5, 0.6) is 0 Å². The van der Waals surface area contributed by atoms with Crippen molar-refractivity contribution in [3.63, 3.8) is 0 Å². The average molecular weight is 302 g/mol. The molecule has 0 aliphatic heterocycles. The van der Waals surface area contributed by atoms with Crippen molar-refractivity contribution >= 4 is 10.0 Å². The first-order valence-corrected chi connectivity index (χ1v) is 8.01. The summed E-state index contributed by atoms with van der Waals surface area (Å²) in [6.45, 7) is 7.96. The quantitative estimate of drug-likeness (QED) is 0.877. The van der Waals surface area contributed by atoms with Crippen LogP contribution in [0.2, 0.25) is 0 Å². The number of halogens is 1. The summed E-state index contributed by atoms with van der Waals surface area (Å²) in [5.41, 5.74) is 0.139. The van der Waals surface area contributed by atoms with E-state index in [1.54, 1.807) is 7.05 Å². The lowest BCUT2D eigenvalue weighted by Gasteiger charge is -2.27. The van der Waals surface area contributed by atoms with Crippen LogP contribution in [0.3, 0.4) is 0 Å². The zero-order valence-electron chi connectivity index (χ0n) is 12.6. The standard InChI is InChI=1S/C14H23FN2O2S/c1-10(14(2,3)4)17-20(18,19)12-6-7-13(15)11(8-12)9-16-5/h6-8,10,16-17H,9H2,1-5H3. The number of nitrogens with one attached hydrogen (secondary N) is 2. The van der Waals surface area contributed by atoms with Crippen molar-refractivity contribution in [1.82, 2.24) is 10.0 Å². The molecule has 1 unspecified atom stereocenters. The van der Waals surface area contributed by atoms with Gasteiger partial charge in [0.15, 0.2) is 0 Å². The molecule has 4 nitrogen and oxygen atoms in total. The zero-order valence-corrected chi connectivity index (χ0v) is 13.4. The van der Waals surface area contributed by atoms with Crippen molar-refractivity contribution < 1.29 is 12.8 Å². The number of rotatable bonds is 5. The van der Waals surface area contributed by atoms with Gasteiger partial charge in [-0.1, -0.05) is 20.8 Å². The fourth-order valence-electron chi connectivity index (χ4n) is 1.52. The van der Waals surface area contributed by atoms with Gasteiger partial charge >= 0.3 is 0 Å². The molecule has 1 rings (SSSR count).